The van der Waals surface area contributed by atoms with Crippen molar-refractivity contribution >= 4 is 17.3 Å². The van der Waals surface area contributed by atoms with Crippen LogP contribution in [0, 0.1) is 11.6 Å². The van der Waals surface area contributed by atoms with Gasteiger partial charge in [-0.2, -0.15) is 0 Å². The Morgan fingerprint density at radius 3 is 2.75 bits per heavy atom. The molecule has 1 N–H and O–H groups in total. The minimum Gasteiger partial charge on any atom is -0.481 e. The Bertz CT molecular complexity index is 693. The molecule has 0 aliphatic rings. The van der Waals surface area contributed by atoms with Gasteiger partial charge in [-0.15, -0.1) is 0 Å². The van der Waals surface area contributed by atoms with E-state index in [0.29, 0.717) is 5.69 Å². The molecule has 4 nitrogen and oxygen atoms in total. The van der Waals surface area contributed by atoms with Crippen molar-refractivity contribution in [1.82, 2.24) is 4.57 Å². The summed E-state index contributed by atoms with van der Waals surface area (Å²) in [6.07, 6.45) is 0.190. The van der Waals surface area contributed by atoms with Crippen molar-refractivity contribution in [3.8, 4) is 11.3 Å². The summed E-state index contributed by atoms with van der Waals surface area (Å²) in [6.45, 7) is 0.181. The van der Waals surface area contributed by atoms with Crippen LogP contribution >= 0.6 is 11.3 Å². The van der Waals surface area contributed by atoms with E-state index in [1.54, 1.807) is 0 Å². The summed E-state index contributed by atoms with van der Waals surface area (Å²) in [7, 11) is 0. The number of thiazole rings is 1. The van der Waals surface area contributed by atoms with Crippen molar-refractivity contribution in [1.29, 1.82) is 0 Å². The van der Waals surface area contributed by atoms with E-state index in [2.05, 4.69) is 0 Å². The molecule has 0 spiro atoms. The zero-order valence-corrected chi connectivity index (χ0v) is 11.1. The summed E-state index contributed by atoms with van der Waals surface area (Å²) in [5, 5.41) is 10.1. The molecule has 0 saturated carbocycles. The molecule has 0 atom stereocenters. The Hall–Kier alpha value is -2.02. The molecule has 0 fully saturated rings. The first-order chi connectivity index (χ1) is 9.49. The fourth-order valence-electron chi connectivity index (χ4n) is 1.84. The molecule has 0 unspecified atom stereocenters. The molecule has 0 aliphatic heterocycles. The van der Waals surface area contributed by atoms with Crippen LogP contribution in [0.5, 0.6) is 0 Å². The highest BCUT2D eigenvalue weighted by molar-refractivity contribution is 7.07. The molecule has 0 saturated heterocycles. The topological polar surface area (TPSA) is 59.3 Å². The normalized spacial score (nSPS) is 10.7. The third kappa shape index (κ3) is 3.11. The molecule has 0 radical (unpaired) electrons. The summed E-state index contributed by atoms with van der Waals surface area (Å²) in [5.74, 6) is -2.40. The number of rotatable bonds is 5. The molecule has 2 rings (SSSR count). The van der Waals surface area contributed by atoms with Gasteiger partial charge in [-0.3, -0.25) is 14.2 Å². The van der Waals surface area contributed by atoms with Gasteiger partial charge in [0.1, 0.15) is 11.6 Å². The van der Waals surface area contributed by atoms with Gasteiger partial charge in [0.05, 0.1) is 5.69 Å². The van der Waals surface area contributed by atoms with E-state index < -0.39 is 17.6 Å². The molecule has 0 aliphatic carbocycles. The van der Waals surface area contributed by atoms with E-state index in [1.165, 1.54) is 16.0 Å². The number of hydrogen-bond acceptors (Lipinski definition) is 3. The average Bonchev–Trinajstić information content (AvgIpc) is 2.71. The van der Waals surface area contributed by atoms with Gasteiger partial charge in [0, 0.05) is 30.0 Å². The van der Waals surface area contributed by atoms with Gasteiger partial charge in [-0.05, 0) is 18.6 Å². The summed E-state index contributed by atoms with van der Waals surface area (Å²) < 4.78 is 27.9. The molecule has 106 valence electrons. The second-order valence-corrected chi connectivity index (χ2v) is 4.98. The number of carboxylic acid groups (broad SMARTS) is 1. The summed E-state index contributed by atoms with van der Waals surface area (Å²) in [6, 6.07) is 3.13. The predicted molar refractivity (Wildman–Crippen MR) is 70.8 cm³/mol. The summed E-state index contributed by atoms with van der Waals surface area (Å²) in [5.41, 5.74) is 0.461. The second kappa shape index (κ2) is 5.96. The van der Waals surface area contributed by atoms with Crippen molar-refractivity contribution in [2.24, 2.45) is 0 Å². The van der Waals surface area contributed by atoms with E-state index in [0.717, 1.165) is 23.5 Å². The van der Waals surface area contributed by atoms with Gasteiger partial charge in [0.25, 0.3) is 0 Å². The standard InChI is InChI=1S/C13H11F2NO3S/c14-8-3-4-9(10(15)6-8)11-7-20-13(19)16(11)5-1-2-12(17)18/h3-4,6-7H,1-2,5H2,(H,17,18). The van der Waals surface area contributed by atoms with Crippen molar-refractivity contribution < 1.29 is 18.7 Å². The Morgan fingerprint density at radius 1 is 1.35 bits per heavy atom. The first kappa shape index (κ1) is 14.4. The lowest BCUT2D eigenvalue weighted by Crippen LogP contribution is -2.15. The molecule has 0 amide bonds. The molecular weight excluding hydrogens is 288 g/mol. The summed E-state index contributed by atoms with van der Waals surface area (Å²) in [4.78, 5) is 21.9. The number of aliphatic carboxylic acids is 1. The van der Waals surface area contributed by atoms with Crippen LogP contribution < -0.4 is 4.87 Å². The first-order valence-electron chi connectivity index (χ1n) is 5.84. The molecule has 1 aromatic heterocycles. The smallest absolute Gasteiger partial charge is 0.307 e. The lowest BCUT2D eigenvalue weighted by atomic mass is 10.1. The largest absolute Gasteiger partial charge is 0.481 e. The van der Waals surface area contributed by atoms with Gasteiger partial charge in [-0.25, -0.2) is 8.78 Å². The van der Waals surface area contributed by atoms with E-state index >= 15 is 0 Å². The molecule has 2 aromatic rings. The SMILES string of the molecule is O=C(O)CCCn1c(-c2ccc(F)cc2F)csc1=O. The third-order valence-corrected chi connectivity index (χ3v) is 3.53. The van der Waals surface area contributed by atoms with Gasteiger partial charge >= 0.3 is 10.8 Å². The van der Waals surface area contributed by atoms with Crippen LogP contribution in [0.3, 0.4) is 0 Å². The van der Waals surface area contributed by atoms with Crippen LogP contribution in [-0.2, 0) is 11.3 Å². The minimum absolute atomic E-state index is 0.0758. The molecular formula is C13H11F2NO3S. The number of carbonyl (C=O) groups is 1. The number of aromatic nitrogens is 1. The van der Waals surface area contributed by atoms with Crippen molar-refractivity contribution in [2.45, 2.75) is 19.4 Å². The molecule has 1 heterocycles. The fraction of sp³-hybridized carbons (Fsp3) is 0.231. The average molecular weight is 299 g/mol. The number of hydrogen-bond donors (Lipinski definition) is 1. The maximum atomic E-state index is 13.7. The lowest BCUT2D eigenvalue weighted by molar-refractivity contribution is -0.137. The van der Waals surface area contributed by atoms with Crippen LogP contribution in [0.4, 0.5) is 8.78 Å². The number of benzene rings is 1. The van der Waals surface area contributed by atoms with E-state index in [4.69, 9.17) is 5.11 Å². The number of halogens is 2. The molecule has 1 aromatic carbocycles. The molecule has 7 heteroatoms. The highest BCUT2D eigenvalue weighted by atomic mass is 32.1. The predicted octanol–water partition coefficient (Wildman–Crippen LogP) is 2.72. The monoisotopic (exact) mass is 299 g/mol. The summed E-state index contributed by atoms with van der Waals surface area (Å²) >= 11 is 0.897. The highest BCUT2D eigenvalue weighted by Gasteiger charge is 2.13. The van der Waals surface area contributed by atoms with E-state index in [-0.39, 0.29) is 29.8 Å². The molecule has 0 bridgehead atoms. The number of carboxylic acids is 1. The zero-order chi connectivity index (χ0) is 14.7. The van der Waals surface area contributed by atoms with E-state index in [9.17, 15) is 18.4 Å². The van der Waals surface area contributed by atoms with Crippen molar-refractivity contribution in [3.05, 3.63) is 44.9 Å². The van der Waals surface area contributed by atoms with Crippen LogP contribution in [0.2, 0.25) is 0 Å². The third-order valence-electron chi connectivity index (χ3n) is 2.76. The van der Waals surface area contributed by atoms with Gasteiger partial charge < -0.3 is 5.11 Å². The highest BCUT2D eigenvalue weighted by Crippen LogP contribution is 2.24. The lowest BCUT2D eigenvalue weighted by Gasteiger charge is -2.08. The Labute approximate surface area is 116 Å². The van der Waals surface area contributed by atoms with Crippen molar-refractivity contribution in [2.75, 3.05) is 0 Å². The number of nitrogens with zero attached hydrogens (tertiary/aromatic N) is 1. The van der Waals surface area contributed by atoms with E-state index in [1.807, 2.05) is 0 Å². The minimum atomic E-state index is -0.956. The Morgan fingerprint density at radius 2 is 2.10 bits per heavy atom. The zero-order valence-electron chi connectivity index (χ0n) is 10.3. The van der Waals surface area contributed by atoms with Gasteiger partial charge in [-0.1, -0.05) is 11.3 Å². The fourth-order valence-corrected chi connectivity index (χ4v) is 2.62. The quantitative estimate of drug-likeness (QED) is 0.923. The van der Waals surface area contributed by atoms with Crippen molar-refractivity contribution in [3.63, 3.8) is 0 Å². The first-order valence-corrected chi connectivity index (χ1v) is 6.72. The van der Waals surface area contributed by atoms with Crippen LogP contribution in [0.25, 0.3) is 11.3 Å². The Balaban J connectivity index is 2.33. The van der Waals surface area contributed by atoms with Crippen LogP contribution in [0.15, 0.2) is 28.4 Å². The maximum absolute atomic E-state index is 13.7. The Kier molecular flexibility index (Phi) is 4.29. The van der Waals surface area contributed by atoms with Gasteiger partial charge in [0.2, 0.25) is 0 Å². The van der Waals surface area contributed by atoms with Gasteiger partial charge in [0.15, 0.2) is 0 Å². The van der Waals surface area contributed by atoms with Crippen LogP contribution in [-0.4, -0.2) is 15.6 Å². The van der Waals surface area contributed by atoms with Crippen LogP contribution in [0.1, 0.15) is 12.8 Å². The molecule has 20 heavy (non-hydrogen) atoms. The second-order valence-electron chi connectivity index (χ2n) is 4.16. The maximum Gasteiger partial charge on any atom is 0.307 e.